The number of aromatic nitrogens is 3. The highest BCUT2D eigenvalue weighted by Crippen LogP contribution is 2.46. The van der Waals surface area contributed by atoms with Gasteiger partial charge in [-0.2, -0.15) is 0 Å². The number of thioether (sulfide) groups is 1. The molecule has 2 aromatic heterocycles. The first kappa shape index (κ1) is 18.8. The number of rotatable bonds is 5. The molecule has 0 unspecified atom stereocenters. The van der Waals surface area contributed by atoms with Gasteiger partial charge in [-0.1, -0.05) is 35.0 Å². The van der Waals surface area contributed by atoms with E-state index in [0.29, 0.717) is 43.8 Å². The van der Waals surface area contributed by atoms with E-state index in [-0.39, 0.29) is 0 Å². The molecule has 0 aliphatic rings. The number of methoxy groups -OCH3 is 2. The van der Waals surface area contributed by atoms with Crippen LogP contribution in [0.2, 0.25) is 10.0 Å². The minimum atomic E-state index is 0.355. The van der Waals surface area contributed by atoms with Crippen LogP contribution in [0, 0.1) is 0 Å². The Morgan fingerprint density at radius 1 is 1.04 bits per heavy atom. The molecule has 0 saturated carbocycles. The predicted molar refractivity (Wildman–Crippen MR) is 107 cm³/mol. The Bertz CT molecular complexity index is 957. The molecule has 1 N–H and O–H groups in total. The lowest BCUT2D eigenvalue weighted by atomic mass is 10.1. The van der Waals surface area contributed by atoms with E-state index < -0.39 is 0 Å². The Hall–Kier alpha value is -1.96. The van der Waals surface area contributed by atoms with Crippen molar-refractivity contribution in [2.24, 2.45) is 0 Å². The SMILES string of the molecule is CNc1nc(-c2c(Cl)c(OC)cc(OC)c2Cl)cc2cnc(SC)nc12. The third kappa shape index (κ3) is 3.22. The molecule has 1 aromatic carbocycles. The average molecular weight is 411 g/mol. The van der Waals surface area contributed by atoms with E-state index in [9.17, 15) is 0 Å². The van der Waals surface area contributed by atoms with Gasteiger partial charge in [0.1, 0.15) is 17.0 Å². The lowest BCUT2D eigenvalue weighted by molar-refractivity contribution is 0.395. The fraction of sp³-hybridized carbons (Fsp3) is 0.235. The summed E-state index contributed by atoms with van der Waals surface area (Å²) in [4.78, 5) is 13.5. The van der Waals surface area contributed by atoms with Crippen LogP contribution in [0.3, 0.4) is 0 Å². The van der Waals surface area contributed by atoms with Crippen LogP contribution in [0.5, 0.6) is 11.5 Å². The summed E-state index contributed by atoms with van der Waals surface area (Å²) in [6.07, 6.45) is 3.67. The number of benzene rings is 1. The topological polar surface area (TPSA) is 69.2 Å². The number of hydrogen-bond acceptors (Lipinski definition) is 7. The second-order valence-corrected chi connectivity index (χ2v) is 6.71. The molecule has 0 radical (unpaired) electrons. The van der Waals surface area contributed by atoms with E-state index in [1.807, 2.05) is 12.3 Å². The number of halogens is 2. The zero-order valence-corrected chi connectivity index (χ0v) is 16.9. The largest absolute Gasteiger partial charge is 0.495 e. The summed E-state index contributed by atoms with van der Waals surface area (Å²) in [7, 11) is 4.84. The maximum atomic E-state index is 6.51. The number of ether oxygens (including phenoxy) is 2. The van der Waals surface area contributed by atoms with Gasteiger partial charge in [0, 0.05) is 30.3 Å². The maximum Gasteiger partial charge on any atom is 0.187 e. The molecule has 0 aliphatic carbocycles. The van der Waals surface area contributed by atoms with Crippen molar-refractivity contribution in [1.82, 2.24) is 15.0 Å². The molecule has 0 spiro atoms. The summed E-state index contributed by atoms with van der Waals surface area (Å²) in [6, 6.07) is 3.48. The Kier molecular flexibility index (Phi) is 5.60. The van der Waals surface area contributed by atoms with Gasteiger partial charge in [0.05, 0.1) is 30.0 Å². The first-order valence-corrected chi connectivity index (χ1v) is 9.52. The van der Waals surface area contributed by atoms with Gasteiger partial charge in [0.25, 0.3) is 0 Å². The van der Waals surface area contributed by atoms with E-state index in [2.05, 4.69) is 20.3 Å². The zero-order valence-electron chi connectivity index (χ0n) is 14.6. The Balaban J connectivity index is 2.32. The molecule has 0 aliphatic heterocycles. The average Bonchev–Trinajstić information content (AvgIpc) is 2.67. The Morgan fingerprint density at radius 3 is 2.23 bits per heavy atom. The minimum absolute atomic E-state index is 0.355. The Morgan fingerprint density at radius 2 is 1.69 bits per heavy atom. The van der Waals surface area contributed by atoms with Crippen LogP contribution >= 0.6 is 35.0 Å². The van der Waals surface area contributed by atoms with Gasteiger partial charge in [0.2, 0.25) is 0 Å². The Labute approximate surface area is 165 Å². The number of fused-ring (bicyclic) bond motifs is 1. The van der Waals surface area contributed by atoms with E-state index >= 15 is 0 Å². The van der Waals surface area contributed by atoms with Crippen molar-refractivity contribution in [3.63, 3.8) is 0 Å². The molecule has 0 bridgehead atoms. The lowest BCUT2D eigenvalue weighted by Crippen LogP contribution is -2.00. The molecule has 26 heavy (non-hydrogen) atoms. The van der Waals surface area contributed by atoms with Crippen LogP contribution in [-0.4, -0.2) is 42.5 Å². The number of nitrogens with zero attached hydrogens (tertiary/aromatic N) is 3. The van der Waals surface area contributed by atoms with Crippen LogP contribution in [0.1, 0.15) is 0 Å². The number of anilines is 1. The summed E-state index contributed by atoms with van der Waals surface area (Å²) < 4.78 is 10.7. The van der Waals surface area contributed by atoms with Crippen LogP contribution in [-0.2, 0) is 0 Å². The maximum absolute atomic E-state index is 6.51. The molecule has 0 saturated heterocycles. The molecule has 2 heterocycles. The molecule has 6 nitrogen and oxygen atoms in total. The fourth-order valence-corrected chi connectivity index (χ4v) is 3.57. The van der Waals surface area contributed by atoms with Gasteiger partial charge in [-0.25, -0.2) is 15.0 Å². The molecule has 136 valence electrons. The normalized spacial score (nSPS) is 10.8. The molecule has 0 amide bonds. The minimum Gasteiger partial charge on any atom is -0.495 e. The van der Waals surface area contributed by atoms with Crippen molar-refractivity contribution in [2.45, 2.75) is 5.16 Å². The highest BCUT2D eigenvalue weighted by Gasteiger charge is 2.21. The highest BCUT2D eigenvalue weighted by molar-refractivity contribution is 7.98. The van der Waals surface area contributed by atoms with Crippen molar-refractivity contribution in [2.75, 3.05) is 32.8 Å². The van der Waals surface area contributed by atoms with Gasteiger partial charge in [-0.15, -0.1) is 0 Å². The first-order valence-electron chi connectivity index (χ1n) is 7.53. The van der Waals surface area contributed by atoms with Gasteiger partial charge >= 0.3 is 0 Å². The summed E-state index contributed by atoms with van der Waals surface area (Å²) >= 11 is 14.5. The van der Waals surface area contributed by atoms with E-state index in [1.165, 1.54) is 26.0 Å². The van der Waals surface area contributed by atoms with Crippen LogP contribution < -0.4 is 14.8 Å². The fourth-order valence-electron chi connectivity index (χ4n) is 2.53. The van der Waals surface area contributed by atoms with Crippen molar-refractivity contribution in [3.8, 4) is 22.8 Å². The van der Waals surface area contributed by atoms with Gasteiger partial charge < -0.3 is 14.8 Å². The lowest BCUT2D eigenvalue weighted by Gasteiger charge is -2.15. The highest BCUT2D eigenvalue weighted by atomic mass is 35.5. The smallest absolute Gasteiger partial charge is 0.187 e. The summed E-state index contributed by atoms with van der Waals surface area (Å²) in [5.41, 5.74) is 1.81. The second kappa shape index (κ2) is 7.73. The predicted octanol–water partition coefficient (Wildman–Crippen LogP) is 4.78. The van der Waals surface area contributed by atoms with Gasteiger partial charge in [0.15, 0.2) is 11.0 Å². The monoisotopic (exact) mass is 410 g/mol. The molecule has 3 aromatic rings. The third-order valence-corrected chi connectivity index (χ3v) is 5.11. The molecule has 0 atom stereocenters. The number of hydrogen-bond donors (Lipinski definition) is 1. The van der Waals surface area contributed by atoms with Gasteiger partial charge in [-0.05, 0) is 12.3 Å². The van der Waals surface area contributed by atoms with Gasteiger partial charge in [-0.3, -0.25) is 0 Å². The number of nitrogens with one attached hydrogen (secondary N) is 1. The van der Waals surface area contributed by atoms with Crippen molar-refractivity contribution >= 4 is 51.7 Å². The molecule has 0 fully saturated rings. The standard InChI is InChI=1S/C17H16Cl2N4O2S/c1-20-16-15-8(7-21-17(23-15)26-4)5-9(22-16)12-13(18)10(24-2)6-11(25-3)14(12)19/h5-7H,1-4H3,(H,20,22). The van der Waals surface area contributed by atoms with E-state index in [0.717, 1.165) is 10.9 Å². The number of pyridine rings is 1. The van der Waals surface area contributed by atoms with Crippen molar-refractivity contribution in [1.29, 1.82) is 0 Å². The molecule has 3 rings (SSSR count). The molecular formula is C17H16Cl2N4O2S. The van der Waals surface area contributed by atoms with Crippen LogP contribution in [0.25, 0.3) is 22.2 Å². The molecule has 9 heteroatoms. The second-order valence-electron chi connectivity index (χ2n) is 5.18. The first-order chi connectivity index (χ1) is 12.5. The zero-order chi connectivity index (χ0) is 18.8. The molecular weight excluding hydrogens is 395 g/mol. The van der Waals surface area contributed by atoms with E-state index in [1.54, 1.807) is 19.3 Å². The van der Waals surface area contributed by atoms with Crippen LogP contribution in [0.15, 0.2) is 23.5 Å². The van der Waals surface area contributed by atoms with Crippen molar-refractivity contribution in [3.05, 3.63) is 28.4 Å². The summed E-state index contributed by atoms with van der Waals surface area (Å²) in [5, 5.41) is 5.26. The summed E-state index contributed by atoms with van der Waals surface area (Å²) in [5.74, 6) is 1.50. The van der Waals surface area contributed by atoms with Crippen molar-refractivity contribution < 1.29 is 9.47 Å². The summed E-state index contributed by atoms with van der Waals surface area (Å²) in [6.45, 7) is 0. The quantitative estimate of drug-likeness (QED) is 0.479. The third-order valence-electron chi connectivity index (χ3n) is 3.79. The van der Waals surface area contributed by atoms with Crippen LogP contribution in [0.4, 0.5) is 5.82 Å². The van der Waals surface area contributed by atoms with E-state index in [4.69, 9.17) is 32.7 Å².